The highest BCUT2D eigenvalue weighted by atomic mass is 35.5. The molecule has 5 N–H and O–H groups in total. The Kier molecular flexibility index (Phi) is 4.05. The number of amides is 1. The molecule has 0 radical (unpaired) electrons. The van der Waals surface area contributed by atoms with E-state index in [1.807, 2.05) is 0 Å². The van der Waals surface area contributed by atoms with Crippen LogP contribution in [0.4, 0.5) is 0 Å². The Bertz CT molecular complexity index is 423. The lowest BCUT2D eigenvalue weighted by Crippen LogP contribution is -2.44. The summed E-state index contributed by atoms with van der Waals surface area (Å²) in [4.78, 5) is 11.8. The normalized spacial score (nSPS) is 16.1. The van der Waals surface area contributed by atoms with Gasteiger partial charge in [0.2, 0.25) is 0 Å². The average Bonchev–Trinajstić information content (AvgIpc) is 2.82. The van der Waals surface area contributed by atoms with E-state index in [2.05, 4.69) is 37.4 Å². The molecule has 1 saturated heterocycles. The summed E-state index contributed by atoms with van der Waals surface area (Å²) in [5.74, 6) is -0.373. The molecule has 92 valence electrons. The van der Waals surface area contributed by atoms with Crippen LogP contribution in [-0.2, 0) is 0 Å². The predicted octanol–water partition coefficient (Wildman–Crippen LogP) is -1.04. The number of rotatable bonds is 3. The van der Waals surface area contributed by atoms with Crippen LogP contribution >= 0.6 is 23.2 Å². The number of carbonyl (C=O) groups is 1. The number of aromatic nitrogens is 2. The van der Waals surface area contributed by atoms with Gasteiger partial charge in [-0.15, -0.1) is 10.2 Å². The summed E-state index contributed by atoms with van der Waals surface area (Å²) in [6, 6.07) is 1.36. The third-order valence-electron chi connectivity index (χ3n) is 1.99. The van der Waals surface area contributed by atoms with Crippen molar-refractivity contribution in [1.82, 2.24) is 37.4 Å². The first-order chi connectivity index (χ1) is 8.16. The van der Waals surface area contributed by atoms with Crippen LogP contribution < -0.4 is 27.2 Å². The van der Waals surface area contributed by atoms with Gasteiger partial charge in [0.15, 0.2) is 10.3 Å². The molecule has 1 aromatic rings. The molecule has 0 saturated carbocycles. The molecule has 0 atom stereocenters. The number of nitrogens with zero attached hydrogens (tertiary/aromatic N) is 2. The lowest BCUT2D eigenvalue weighted by Gasteiger charge is -2.10. The number of hydrogen-bond donors (Lipinski definition) is 5. The third-order valence-corrected chi connectivity index (χ3v) is 2.45. The van der Waals surface area contributed by atoms with E-state index in [0.717, 1.165) is 0 Å². The van der Waals surface area contributed by atoms with Crippen molar-refractivity contribution in [3.05, 3.63) is 21.9 Å². The van der Waals surface area contributed by atoms with Gasteiger partial charge in [-0.3, -0.25) is 4.79 Å². The van der Waals surface area contributed by atoms with Crippen LogP contribution in [0.15, 0.2) is 6.07 Å². The summed E-state index contributed by atoms with van der Waals surface area (Å²) in [5, 5.41) is 9.84. The molecular weight excluding hydrogens is 269 g/mol. The largest absolute Gasteiger partial charge is 0.349 e. The molecule has 1 amide bonds. The zero-order valence-electron chi connectivity index (χ0n) is 8.42. The molecule has 2 heterocycles. The monoisotopic (exact) mass is 277 g/mol. The standard InChI is InChI=1S/C7H9Cl2N7O/c8-4-1-3(6(9)14-11-4)7(17)10-2-5-12-15-16-13-5/h1,5,12-13,15-16H,2H2,(H,10,17). The Labute approximate surface area is 106 Å². The van der Waals surface area contributed by atoms with Crippen molar-refractivity contribution in [3.8, 4) is 0 Å². The minimum atomic E-state index is -0.373. The lowest BCUT2D eigenvalue weighted by molar-refractivity contribution is 0.0948. The highest BCUT2D eigenvalue weighted by Gasteiger charge is 2.16. The Balaban J connectivity index is 1.96. The van der Waals surface area contributed by atoms with Gasteiger partial charge in [-0.05, 0) is 6.07 Å². The summed E-state index contributed by atoms with van der Waals surface area (Å²) in [7, 11) is 0. The maximum absolute atomic E-state index is 11.8. The lowest BCUT2D eigenvalue weighted by atomic mass is 10.3. The second kappa shape index (κ2) is 5.54. The maximum atomic E-state index is 11.8. The molecule has 10 heteroatoms. The van der Waals surface area contributed by atoms with Crippen LogP contribution in [0.5, 0.6) is 0 Å². The summed E-state index contributed by atoms with van der Waals surface area (Å²) < 4.78 is 0. The first-order valence-corrected chi connectivity index (χ1v) is 5.40. The van der Waals surface area contributed by atoms with E-state index in [1.54, 1.807) is 0 Å². The molecular formula is C7H9Cl2N7O. The van der Waals surface area contributed by atoms with Crippen molar-refractivity contribution in [3.63, 3.8) is 0 Å². The van der Waals surface area contributed by atoms with Crippen molar-refractivity contribution < 1.29 is 4.79 Å². The number of halogens is 2. The van der Waals surface area contributed by atoms with Gasteiger partial charge in [0.1, 0.15) is 6.17 Å². The zero-order valence-corrected chi connectivity index (χ0v) is 9.93. The quantitative estimate of drug-likeness (QED) is 0.481. The Morgan fingerprint density at radius 3 is 2.76 bits per heavy atom. The maximum Gasteiger partial charge on any atom is 0.254 e. The Morgan fingerprint density at radius 1 is 1.35 bits per heavy atom. The summed E-state index contributed by atoms with van der Waals surface area (Å²) in [6.07, 6.45) is -0.136. The molecule has 1 aromatic heterocycles. The SMILES string of the molecule is O=C(NCC1NNNN1)c1cc(Cl)nnc1Cl. The second-order valence-corrected chi connectivity index (χ2v) is 3.92. The van der Waals surface area contributed by atoms with E-state index in [1.165, 1.54) is 6.07 Å². The minimum Gasteiger partial charge on any atom is -0.349 e. The Hall–Kier alpha value is -1.03. The number of hydrazine groups is 3. The smallest absolute Gasteiger partial charge is 0.254 e. The highest BCUT2D eigenvalue weighted by Crippen LogP contribution is 2.14. The fraction of sp³-hybridized carbons (Fsp3) is 0.286. The number of carbonyl (C=O) groups excluding carboxylic acids is 1. The van der Waals surface area contributed by atoms with E-state index in [9.17, 15) is 4.79 Å². The van der Waals surface area contributed by atoms with Crippen molar-refractivity contribution in [1.29, 1.82) is 0 Å². The van der Waals surface area contributed by atoms with Gasteiger partial charge in [-0.2, -0.15) is 11.1 Å². The van der Waals surface area contributed by atoms with Crippen molar-refractivity contribution in [2.24, 2.45) is 0 Å². The molecule has 1 aliphatic heterocycles. The molecule has 0 bridgehead atoms. The fourth-order valence-corrected chi connectivity index (χ4v) is 1.51. The van der Waals surface area contributed by atoms with Crippen molar-refractivity contribution >= 4 is 29.1 Å². The number of nitrogens with one attached hydrogen (secondary N) is 5. The van der Waals surface area contributed by atoms with Crippen molar-refractivity contribution in [2.45, 2.75) is 6.17 Å². The van der Waals surface area contributed by atoms with E-state index in [0.29, 0.717) is 6.54 Å². The highest BCUT2D eigenvalue weighted by molar-refractivity contribution is 6.34. The third kappa shape index (κ3) is 3.22. The molecule has 8 nitrogen and oxygen atoms in total. The van der Waals surface area contributed by atoms with Crippen LogP contribution in [0.3, 0.4) is 0 Å². The van der Waals surface area contributed by atoms with Gasteiger partial charge >= 0.3 is 0 Å². The van der Waals surface area contributed by atoms with Gasteiger partial charge in [-0.25, -0.2) is 10.9 Å². The summed E-state index contributed by atoms with van der Waals surface area (Å²) in [6.45, 7) is 0.342. The molecule has 0 unspecified atom stereocenters. The van der Waals surface area contributed by atoms with Gasteiger partial charge in [0, 0.05) is 6.54 Å². The predicted molar refractivity (Wildman–Crippen MR) is 60.7 cm³/mol. The summed E-state index contributed by atoms with van der Waals surface area (Å²) in [5.41, 5.74) is 11.1. The van der Waals surface area contributed by atoms with E-state index in [-0.39, 0.29) is 27.9 Å². The van der Waals surface area contributed by atoms with E-state index in [4.69, 9.17) is 23.2 Å². The van der Waals surface area contributed by atoms with E-state index < -0.39 is 0 Å². The second-order valence-electron chi connectivity index (χ2n) is 3.17. The molecule has 2 rings (SSSR count). The number of hydrogen-bond acceptors (Lipinski definition) is 7. The average molecular weight is 278 g/mol. The van der Waals surface area contributed by atoms with Crippen LogP contribution in [-0.4, -0.2) is 28.8 Å². The molecule has 0 aliphatic carbocycles. The topological polar surface area (TPSA) is 103 Å². The van der Waals surface area contributed by atoms with Gasteiger partial charge in [0.05, 0.1) is 5.56 Å². The van der Waals surface area contributed by atoms with Crippen LogP contribution in [0.2, 0.25) is 10.3 Å². The molecule has 1 fully saturated rings. The van der Waals surface area contributed by atoms with Crippen LogP contribution in [0, 0.1) is 0 Å². The van der Waals surface area contributed by atoms with Gasteiger partial charge < -0.3 is 5.32 Å². The molecule has 0 spiro atoms. The minimum absolute atomic E-state index is 0.00971. The fourth-order valence-electron chi connectivity index (χ4n) is 1.19. The van der Waals surface area contributed by atoms with Gasteiger partial charge in [0.25, 0.3) is 5.91 Å². The van der Waals surface area contributed by atoms with E-state index >= 15 is 0 Å². The Morgan fingerprint density at radius 2 is 2.06 bits per heavy atom. The first-order valence-electron chi connectivity index (χ1n) is 4.65. The first kappa shape index (κ1) is 12.4. The molecule has 0 aromatic carbocycles. The molecule has 1 aliphatic rings. The zero-order chi connectivity index (χ0) is 12.3. The van der Waals surface area contributed by atoms with Crippen LogP contribution in [0.25, 0.3) is 0 Å². The van der Waals surface area contributed by atoms with Crippen LogP contribution in [0.1, 0.15) is 10.4 Å². The van der Waals surface area contributed by atoms with Crippen molar-refractivity contribution in [2.75, 3.05) is 6.54 Å². The summed E-state index contributed by atoms with van der Waals surface area (Å²) >= 11 is 11.4. The molecule has 17 heavy (non-hydrogen) atoms. The van der Waals surface area contributed by atoms with Gasteiger partial charge in [-0.1, -0.05) is 23.2 Å².